The van der Waals surface area contributed by atoms with Gasteiger partial charge < -0.3 is 11.1 Å². The second kappa shape index (κ2) is 6.02. The Hall–Kier alpha value is -0.0700. The van der Waals surface area contributed by atoms with Crippen LogP contribution in [0.25, 0.3) is 0 Å². The lowest BCUT2D eigenvalue weighted by molar-refractivity contribution is 1.00. The van der Waals surface area contributed by atoms with E-state index in [1.165, 1.54) is 17.3 Å². The average molecular weight is 320 g/mol. The van der Waals surface area contributed by atoms with Crippen molar-refractivity contribution in [3.8, 4) is 0 Å². The van der Waals surface area contributed by atoms with E-state index in [9.17, 15) is 0 Å². The fraction of sp³-hybridized carbons (Fsp3) is 0.500. The third-order valence-electron chi connectivity index (χ3n) is 2.32. The van der Waals surface area contributed by atoms with Crippen molar-refractivity contribution in [2.45, 2.75) is 5.25 Å². The fourth-order valence-electron chi connectivity index (χ4n) is 1.51. The van der Waals surface area contributed by atoms with Gasteiger partial charge in [-0.25, -0.2) is 0 Å². The van der Waals surface area contributed by atoms with Crippen molar-refractivity contribution in [3.63, 3.8) is 0 Å². The molecule has 1 aromatic heterocycles. The number of hydrogen-bond acceptors (Lipinski definition) is 5. The van der Waals surface area contributed by atoms with E-state index >= 15 is 0 Å². The van der Waals surface area contributed by atoms with Crippen molar-refractivity contribution in [1.82, 2.24) is 4.98 Å². The van der Waals surface area contributed by atoms with Gasteiger partial charge in [0.15, 0.2) is 0 Å². The van der Waals surface area contributed by atoms with Crippen LogP contribution in [0.3, 0.4) is 0 Å². The molecule has 2 rings (SSSR count). The Balaban J connectivity index is 1.93. The third kappa shape index (κ3) is 3.21. The zero-order valence-electron chi connectivity index (χ0n) is 8.78. The molecule has 88 valence electrons. The first-order chi connectivity index (χ1) is 7.77. The van der Waals surface area contributed by atoms with Gasteiger partial charge in [0.2, 0.25) is 0 Å². The second-order valence-corrected chi connectivity index (χ2v) is 6.95. The highest BCUT2D eigenvalue weighted by Gasteiger charge is 2.15. The van der Waals surface area contributed by atoms with Crippen LogP contribution in [0.1, 0.15) is 0 Å². The quantitative estimate of drug-likeness (QED) is 0.897. The molecule has 0 bridgehead atoms. The van der Waals surface area contributed by atoms with Crippen molar-refractivity contribution in [1.29, 1.82) is 0 Å². The topological polar surface area (TPSA) is 50.9 Å². The Bertz CT molecular complexity index is 336. The molecule has 1 atom stereocenters. The van der Waals surface area contributed by atoms with Gasteiger partial charge >= 0.3 is 0 Å². The zero-order valence-corrected chi connectivity index (χ0v) is 12.0. The van der Waals surface area contributed by atoms with Crippen LogP contribution in [0.2, 0.25) is 0 Å². The average Bonchev–Trinajstić information content (AvgIpc) is 2.30. The van der Waals surface area contributed by atoms with Crippen molar-refractivity contribution in [3.05, 3.63) is 16.9 Å². The summed E-state index contributed by atoms with van der Waals surface area (Å²) in [7, 11) is 0. The molecule has 0 aliphatic carbocycles. The van der Waals surface area contributed by atoms with Crippen molar-refractivity contribution in [2.75, 3.05) is 34.9 Å². The van der Waals surface area contributed by atoms with Gasteiger partial charge in [-0.2, -0.15) is 23.5 Å². The van der Waals surface area contributed by atoms with Gasteiger partial charge in [-0.15, -0.1) is 0 Å². The molecule has 1 fully saturated rings. The number of thioether (sulfide) groups is 2. The Morgan fingerprint density at radius 1 is 1.50 bits per heavy atom. The van der Waals surface area contributed by atoms with E-state index in [1.807, 2.05) is 23.5 Å². The summed E-state index contributed by atoms with van der Waals surface area (Å²) in [5, 5.41) is 4.08. The number of nitrogens with two attached hydrogens (primary N) is 1. The molecule has 0 spiro atoms. The number of nitrogen functional groups attached to an aromatic ring is 1. The van der Waals surface area contributed by atoms with Crippen LogP contribution in [0, 0.1) is 0 Å². The minimum absolute atomic E-state index is 0.679. The van der Waals surface area contributed by atoms with Crippen LogP contribution in [0.5, 0.6) is 0 Å². The molecule has 0 radical (unpaired) electrons. The first-order valence-corrected chi connectivity index (χ1v) is 8.09. The van der Waals surface area contributed by atoms with E-state index in [1.54, 1.807) is 12.4 Å². The molecule has 1 aromatic rings. The maximum absolute atomic E-state index is 5.87. The second-order valence-electron chi connectivity index (χ2n) is 3.53. The van der Waals surface area contributed by atoms with E-state index in [4.69, 9.17) is 5.73 Å². The molecule has 6 heteroatoms. The van der Waals surface area contributed by atoms with E-state index in [2.05, 4.69) is 26.2 Å². The lowest BCUT2D eigenvalue weighted by Gasteiger charge is -2.22. The number of halogens is 1. The summed E-state index contributed by atoms with van der Waals surface area (Å²) in [6.07, 6.45) is 3.44. The normalized spacial score (nSPS) is 20.7. The molecule has 1 unspecified atom stereocenters. The number of nitrogens with zero attached hydrogens (tertiary/aromatic N) is 1. The minimum Gasteiger partial charge on any atom is -0.396 e. The van der Waals surface area contributed by atoms with Crippen LogP contribution in [0.15, 0.2) is 16.9 Å². The van der Waals surface area contributed by atoms with E-state index < -0.39 is 0 Å². The number of rotatable bonds is 3. The third-order valence-corrected chi connectivity index (χ3v) is 5.77. The van der Waals surface area contributed by atoms with Crippen LogP contribution in [0.4, 0.5) is 11.4 Å². The number of pyridine rings is 1. The molecular weight excluding hydrogens is 306 g/mol. The Morgan fingerprint density at radius 2 is 2.38 bits per heavy atom. The molecule has 1 aliphatic heterocycles. The van der Waals surface area contributed by atoms with Crippen molar-refractivity contribution >= 4 is 50.8 Å². The standard InChI is InChI=1S/C10H14BrN3S2/c11-8-4-13-5-9(12)10(8)14-3-7-6-15-1-2-16-7/h4-5,7H,1-3,6,12H2,(H,13,14). The first kappa shape index (κ1) is 12.4. The van der Waals surface area contributed by atoms with Crippen molar-refractivity contribution in [2.24, 2.45) is 0 Å². The van der Waals surface area contributed by atoms with Crippen LogP contribution in [-0.4, -0.2) is 34.0 Å². The number of aromatic nitrogens is 1. The summed E-state index contributed by atoms with van der Waals surface area (Å²) in [6.45, 7) is 0.963. The summed E-state index contributed by atoms with van der Waals surface area (Å²) in [4.78, 5) is 4.02. The van der Waals surface area contributed by atoms with Crippen LogP contribution < -0.4 is 11.1 Å². The zero-order chi connectivity index (χ0) is 11.4. The highest BCUT2D eigenvalue weighted by Crippen LogP contribution is 2.29. The molecule has 3 nitrogen and oxygen atoms in total. The molecule has 1 saturated heterocycles. The molecule has 0 saturated carbocycles. The summed E-state index contributed by atoms with van der Waals surface area (Å²) < 4.78 is 0.931. The number of anilines is 2. The SMILES string of the molecule is Nc1cncc(Br)c1NCC1CSCCS1. The smallest absolute Gasteiger partial charge is 0.0750 e. The van der Waals surface area contributed by atoms with Gasteiger partial charge in [0.05, 0.1) is 22.0 Å². The molecule has 2 heterocycles. The summed E-state index contributed by atoms with van der Waals surface area (Å²) >= 11 is 7.52. The maximum Gasteiger partial charge on any atom is 0.0750 e. The van der Waals surface area contributed by atoms with Gasteiger partial charge in [0.1, 0.15) is 0 Å². The van der Waals surface area contributed by atoms with Gasteiger partial charge in [-0.05, 0) is 15.9 Å². The van der Waals surface area contributed by atoms with Gasteiger partial charge in [-0.3, -0.25) is 4.98 Å². The lowest BCUT2D eigenvalue weighted by atomic mass is 10.3. The van der Waals surface area contributed by atoms with Crippen LogP contribution >= 0.6 is 39.5 Å². The molecule has 0 aromatic carbocycles. The van der Waals surface area contributed by atoms with Crippen LogP contribution in [-0.2, 0) is 0 Å². The highest BCUT2D eigenvalue weighted by molar-refractivity contribution is 9.10. The summed E-state index contributed by atoms with van der Waals surface area (Å²) in [5.74, 6) is 3.76. The van der Waals surface area contributed by atoms with E-state index in [-0.39, 0.29) is 0 Å². The lowest BCUT2D eigenvalue weighted by Crippen LogP contribution is -2.23. The van der Waals surface area contributed by atoms with Gasteiger partial charge in [0.25, 0.3) is 0 Å². The Morgan fingerprint density at radius 3 is 3.06 bits per heavy atom. The van der Waals surface area contributed by atoms with Crippen molar-refractivity contribution < 1.29 is 0 Å². The maximum atomic E-state index is 5.87. The molecule has 16 heavy (non-hydrogen) atoms. The van der Waals surface area contributed by atoms with E-state index in [0.29, 0.717) is 10.9 Å². The minimum atomic E-state index is 0.679. The first-order valence-electron chi connectivity index (χ1n) is 5.09. The number of hydrogen-bond donors (Lipinski definition) is 2. The molecule has 1 aliphatic rings. The highest BCUT2D eigenvalue weighted by atomic mass is 79.9. The predicted molar refractivity (Wildman–Crippen MR) is 78.4 cm³/mol. The molecule has 3 N–H and O–H groups in total. The Kier molecular flexibility index (Phi) is 4.66. The molecule has 0 amide bonds. The van der Waals surface area contributed by atoms with Gasteiger partial charge in [-0.1, -0.05) is 0 Å². The van der Waals surface area contributed by atoms with E-state index in [0.717, 1.165) is 16.7 Å². The monoisotopic (exact) mass is 319 g/mol. The molecular formula is C10H14BrN3S2. The summed E-state index contributed by atoms with van der Waals surface area (Å²) in [5.41, 5.74) is 7.53. The Labute approximate surface area is 112 Å². The number of nitrogens with one attached hydrogen (secondary N) is 1. The fourth-order valence-corrected chi connectivity index (χ4v) is 4.61. The summed E-state index contributed by atoms with van der Waals surface area (Å²) in [6, 6.07) is 0. The van der Waals surface area contributed by atoms with Gasteiger partial charge in [0, 0.05) is 35.3 Å². The predicted octanol–water partition coefficient (Wildman–Crippen LogP) is 2.69. The largest absolute Gasteiger partial charge is 0.396 e.